The highest BCUT2D eigenvalue weighted by molar-refractivity contribution is 14.0. The monoisotopic (exact) mass is 1370 g/mol. The fraction of sp³-hybridized carbons (Fsp3) is 0.160. The molecule has 15 aromatic rings. The number of para-hydroxylation sites is 10. The predicted octanol–water partition coefficient (Wildman–Crippen LogP) is 20.8. The first kappa shape index (κ1) is 59.5. The van der Waals surface area contributed by atoms with Crippen molar-refractivity contribution in [1.82, 2.24) is 0 Å². The van der Waals surface area contributed by atoms with E-state index in [0.717, 1.165) is 131 Å². The zero-order chi connectivity index (χ0) is 62.2. The molecule has 2 aliphatic heterocycles. The molecule has 2 fully saturated rings. The number of nitrogens with zero attached hydrogens (tertiary/aromatic N) is 3. The summed E-state index contributed by atoms with van der Waals surface area (Å²) in [7, 11) is -0.982. The molecule has 0 amide bonds. The molecule has 0 atom stereocenters. The largest absolute Gasteiger partial charge is 0.498 e. The standard InChI is InChI=1S/C38H18N2O3.C24H30B2O5.C13H6BrNO.HI/c1-40-32-19-7-18-31-30-17-6-16-29(37(30)43-38(31)32)28-15-5-14-27-26-13-4-12-25(35(26)42-36(27)28)24-11-3-10-23-22-9-2-8-21(20-39)33(22)41-34(23)24;1-21(2)22(3,4)29-25(28-21)17-13-9-11-15-16-12-10-14-18(20(16)27-19(15)17)26-30-23(5,6)24(7,8)31-26;1-15-11-7-3-5-9-8-4-2-6-10(14)12(8)16-13(9)11;/h2-19H;9-14H,1-8H3;2-7H;1H. The van der Waals surface area contributed by atoms with E-state index in [1.807, 2.05) is 140 Å². The molecular weight excluding hydrogens is 1320 g/mol. The lowest BCUT2D eigenvalue weighted by atomic mass is 9.77. The van der Waals surface area contributed by atoms with Gasteiger partial charge in [0.05, 0.1) is 45.6 Å². The fourth-order valence-electron chi connectivity index (χ4n) is 12.5. The summed E-state index contributed by atoms with van der Waals surface area (Å²) in [6, 6.07) is 61.8. The molecule has 2 saturated heterocycles. The number of fused-ring (bicyclic) bond motifs is 15. The van der Waals surface area contributed by atoms with E-state index in [0.29, 0.717) is 33.7 Å². The number of rotatable bonds is 4. The third-order valence-electron chi connectivity index (χ3n) is 18.5. The lowest BCUT2D eigenvalue weighted by Crippen LogP contribution is -2.41. The Morgan fingerprint density at radius 2 is 0.604 bits per heavy atom. The molecule has 0 radical (unpaired) electrons. The van der Waals surface area contributed by atoms with Crippen LogP contribution in [0.3, 0.4) is 0 Å². The van der Waals surface area contributed by atoms with E-state index in [9.17, 15) is 5.26 Å². The summed E-state index contributed by atoms with van der Waals surface area (Å²) in [4.78, 5) is 7.14. The van der Waals surface area contributed by atoms with Gasteiger partial charge in [0.15, 0.2) is 5.58 Å². The molecule has 5 aromatic heterocycles. The van der Waals surface area contributed by atoms with Crippen LogP contribution in [-0.2, 0) is 18.6 Å². The number of furan rings is 5. The van der Waals surface area contributed by atoms with Gasteiger partial charge in [0.1, 0.15) is 56.3 Å². The van der Waals surface area contributed by atoms with Gasteiger partial charge in [-0.25, -0.2) is 9.69 Å². The smallest absolute Gasteiger partial charge is 0.466 e. The number of nitriles is 1. The topological polar surface area (TPSA) is 135 Å². The molecule has 0 unspecified atom stereocenters. The number of hydrogen-bond donors (Lipinski definition) is 0. The third-order valence-corrected chi connectivity index (χ3v) is 19.2. The second-order valence-electron chi connectivity index (χ2n) is 24.8. The third kappa shape index (κ3) is 9.43. The van der Waals surface area contributed by atoms with E-state index in [2.05, 4.69) is 111 Å². The van der Waals surface area contributed by atoms with Crippen LogP contribution in [0.5, 0.6) is 0 Å². The van der Waals surface area contributed by atoms with Crippen LogP contribution >= 0.6 is 39.9 Å². The summed E-state index contributed by atoms with van der Waals surface area (Å²) in [6.45, 7) is 31.2. The summed E-state index contributed by atoms with van der Waals surface area (Å²) in [5.74, 6) is 0. The van der Waals surface area contributed by atoms with E-state index in [1.165, 1.54) is 0 Å². The maximum absolute atomic E-state index is 9.68. The Labute approximate surface area is 549 Å². The Morgan fingerprint density at radius 3 is 0.978 bits per heavy atom. The highest BCUT2D eigenvalue weighted by Gasteiger charge is 2.54. The molecule has 444 valence electrons. The maximum Gasteiger partial charge on any atom is 0.498 e. The SMILES string of the molecule is CC1(C)OB(c2cccc3c2oc2c(B4OC(C)(C)C(C)(C)O4)cccc23)OC1(C)C.I.[C-]#[N+]c1cccc2c1oc1c(-c3cccc4c3oc3c(-c5cccc6c5oc5c(C#N)cccc56)cccc34)cccc12.[C-]#[N+]c1cccc2c1oc1c(Br)cccc12. The Balaban J connectivity index is 0.000000131. The van der Waals surface area contributed by atoms with Gasteiger partial charge in [-0.15, -0.1) is 24.0 Å². The molecule has 0 spiro atoms. The minimum atomic E-state index is -0.491. The molecule has 10 aromatic carbocycles. The summed E-state index contributed by atoms with van der Waals surface area (Å²) in [5, 5.41) is 19.5. The van der Waals surface area contributed by atoms with Crippen molar-refractivity contribution in [2.24, 2.45) is 0 Å². The summed E-state index contributed by atoms with van der Waals surface area (Å²) in [6.07, 6.45) is 0. The quantitative estimate of drug-likeness (QED) is 0.0952. The van der Waals surface area contributed by atoms with Crippen molar-refractivity contribution in [2.75, 3.05) is 0 Å². The zero-order valence-corrected chi connectivity index (χ0v) is 54.7. The minimum absolute atomic E-state index is 0. The van der Waals surface area contributed by atoms with Gasteiger partial charge >= 0.3 is 14.2 Å². The maximum atomic E-state index is 9.68. The number of halogens is 2. The van der Waals surface area contributed by atoms with Crippen LogP contribution < -0.4 is 10.9 Å². The molecule has 2 aliphatic rings. The van der Waals surface area contributed by atoms with Crippen LogP contribution in [0.15, 0.2) is 209 Å². The van der Waals surface area contributed by atoms with Crippen LogP contribution in [0.1, 0.15) is 61.0 Å². The molecule has 12 nitrogen and oxygen atoms in total. The molecule has 0 aliphatic carbocycles. The Kier molecular flexibility index (Phi) is 14.4. The van der Waals surface area contributed by atoms with E-state index in [-0.39, 0.29) is 24.0 Å². The lowest BCUT2D eigenvalue weighted by Gasteiger charge is -2.32. The van der Waals surface area contributed by atoms with Crippen LogP contribution in [0, 0.1) is 24.5 Å². The van der Waals surface area contributed by atoms with Crippen molar-refractivity contribution in [3.05, 3.63) is 215 Å². The molecular formula is C75H55B2BrIN3O9. The van der Waals surface area contributed by atoms with E-state index in [1.54, 1.807) is 18.2 Å². The molecule has 0 saturated carbocycles. The summed E-state index contributed by atoms with van der Waals surface area (Å²) in [5.41, 5.74) is 12.5. The van der Waals surface area contributed by atoms with Crippen LogP contribution in [0.4, 0.5) is 11.4 Å². The Hall–Kier alpha value is -9.15. The molecule has 91 heavy (non-hydrogen) atoms. The first-order chi connectivity index (χ1) is 43.4. The molecule has 0 N–H and O–H groups in total. The van der Waals surface area contributed by atoms with Gasteiger partial charge in [-0.3, -0.25) is 0 Å². The van der Waals surface area contributed by atoms with E-state index in [4.69, 9.17) is 53.8 Å². The molecule has 17 rings (SSSR count). The van der Waals surface area contributed by atoms with Crippen molar-refractivity contribution in [3.8, 4) is 28.3 Å². The highest BCUT2D eigenvalue weighted by Crippen LogP contribution is 2.47. The first-order valence-corrected chi connectivity index (χ1v) is 30.4. The average Bonchev–Trinajstić information content (AvgIpc) is 1.62. The van der Waals surface area contributed by atoms with E-state index >= 15 is 0 Å². The van der Waals surface area contributed by atoms with Gasteiger partial charge in [-0.1, -0.05) is 170 Å². The lowest BCUT2D eigenvalue weighted by molar-refractivity contribution is 0.00578. The second kappa shape index (κ2) is 22.1. The average molecular weight is 1370 g/mol. The number of benzene rings is 10. The predicted molar refractivity (Wildman–Crippen MR) is 378 cm³/mol. The van der Waals surface area contributed by atoms with Gasteiger partial charge in [0.2, 0.25) is 11.4 Å². The minimum Gasteiger partial charge on any atom is -0.466 e. The summed E-state index contributed by atoms with van der Waals surface area (Å²) < 4.78 is 57.9. The molecule has 7 heterocycles. The summed E-state index contributed by atoms with van der Waals surface area (Å²) >= 11 is 3.45. The van der Waals surface area contributed by atoms with Crippen LogP contribution in [-0.4, -0.2) is 36.6 Å². The van der Waals surface area contributed by atoms with Crippen molar-refractivity contribution < 1.29 is 40.7 Å². The molecule has 0 bridgehead atoms. The van der Waals surface area contributed by atoms with Crippen molar-refractivity contribution >= 4 is 186 Å². The van der Waals surface area contributed by atoms with E-state index < -0.39 is 36.6 Å². The van der Waals surface area contributed by atoms with Gasteiger partial charge in [-0.2, -0.15) is 5.26 Å². The number of hydrogen-bond acceptors (Lipinski definition) is 10. The van der Waals surface area contributed by atoms with Crippen molar-refractivity contribution in [3.63, 3.8) is 0 Å². The first-order valence-electron chi connectivity index (χ1n) is 29.6. The molecule has 16 heteroatoms. The van der Waals surface area contributed by atoms with Gasteiger partial charge in [-0.05, 0) is 83.5 Å². The second-order valence-corrected chi connectivity index (χ2v) is 25.7. The zero-order valence-electron chi connectivity index (χ0n) is 50.8. The fourth-order valence-corrected chi connectivity index (χ4v) is 13.0. The van der Waals surface area contributed by atoms with Crippen LogP contribution in [0.25, 0.3) is 142 Å². The van der Waals surface area contributed by atoms with Gasteiger partial charge in [0.25, 0.3) is 0 Å². The van der Waals surface area contributed by atoms with Crippen LogP contribution in [0.2, 0.25) is 0 Å². The Bertz CT molecular complexity index is 5330. The van der Waals surface area contributed by atoms with Crippen molar-refractivity contribution in [1.29, 1.82) is 5.26 Å². The Morgan fingerprint density at radius 1 is 0.341 bits per heavy atom. The van der Waals surface area contributed by atoms with Gasteiger partial charge in [0, 0.05) is 87.0 Å². The highest BCUT2D eigenvalue weighted by atomic mass is 127. The van der Waals surface area contributed by atoms with Gasteiger partial charge < -0.3 is 40.7 Å². The normalized spacial score (nSPS) is 15.5. The van der Waals surface area contributed by atoms with Crippen molar-refractivity contribution in [2.45, 2.75) is 77.8 Å².